The quantitative estimate of drug-likeness (QED) is 0.330. The van der Waals surface area contributed by atoms with Gasteiger partial charge in [0.15, 0.2) is 11.5 Å². The van der Waals surface area contributed by atoms with Gasteiger partial charge in [-0.3, -0.25) is 0 Å². The molecule has 8 heteroatoms. The molecule has 156 valence electrons. The Hall–Kier alpha value is -2.58. The Labute approximate surface area is 165 Å². The molecule has 28 heavy (non-hydrogen) atoms. The second kappa shape index (κ2) is 13.6. The highest BCUT2D eigenvalue weighted by Crippen LogP contribution is 2.28. The first-order chi connectivity index (χ1) is 13.5. The van der Waals surface area contributed by atoms with Gasteiger partial charge in [-0.05, 0) is 43.5 Å². The first-order valence-corrected chi connectivity index (χ1v) is 9.27. The minimum atomic E-state index is -1.82. The van der Waals surface area contributed by atoms with Crippen molar-refractivity contribution in [3.05, 3.63) is 36.4 Å². The van der Waals surface area contributed by atoms with E-state index in [9.17, 15) is 0 Å². The second-order valence-corrected chi connectivity index (χ2v) is 6.24. The zero-order valence-electron chi connectivity index (χ0n) is 16.4. The van der Waals surface area contributed by atoms with Crippen LogP contribution in [0.5, 0.6) is 11.5 Å². The van der Waals surface area contributed by atoms with Crippen molar-refractivity contribution < 1.29 is 29.3 Å². The third-order valence-corrected chi connectivity index (χ3v) is 4.13. The van der Waals surface area contributed by atoms with Crippen molar-refractivity contribution in [3.63, 3.8) is 0 Å². The van der Waals surface area contributed by atoms with Gasteiger partial charge in [0.25, 0.3) is 0 Å². The molecule has 1 heterocycles. The van der Waals surface area contributed by atoms with Crippen LogP contribution in [0.4, 0.5) is 0 Å². The summed E-state index contributed by atoms with van der Waals surface area (Å²) in [6.45, 7) is 10.2. The van der Waals surface area contributed by atoms with Crippen LogP contribution in [0.3, 0.4) is 0 Å². The van der Waals surface area contributed by atoms with Gasteiger partial charge in [-0.2, -0.15) is 0 Å². The van der Waals surface area contributed by atoms with Crippen molar-refractivity contribution in [2.24, 2.45) is 0 Å². The molecule has 2 rings (SSSR count). The fourth-order valence-electron chi connectivity index (χ4n) is 2.68. The maximum Gasteiger partial charge on any atom is 0.414 e. The molecule has 0 saturated carbocycles. The minimum Gasteiger partial charge on any atom is -0.493 e. The number of aliphatic carboxylic acids is 2. The predicted octanol–water partition coefficient (Wildman–Crippen LogP) is 1.64. The van der Waals surface area contributed by atoms with Gasteiger partial charge in [-0.15, -0.1) is 6.58 Å². The molecule has 0 atom stereocenters. The molecule has 8 nitrogen and oxygen atoms in total. The smallest absolute Gasteiger partial charge is 0.414 e. The lowest BCUT2D eigenvalue weighted by atomic mass is 10.1. The molecule has 1 aromatic rings. The molecule has 1 fully saturated rings. The van der Waals surface area contributed by atoms with Gasteiger partial charge >= 0.3 is 11.9 Å². The Morgan fingerprint density at radius 1 is 1.18 bits per heavy atom. The van der Waals surface area contributed by atoms with E-state index in [-0.39, 0.29) is 0 Å². The summed E-state index contributed by atoms with van der Waals surface area (Å²) >= 11 is 0. The van der Waals surface area contributed by atoms with E-state index in [2.05, 4.69) is 22.9 Å². The zero-order chi connectivity index (χ0) is 20.8. The van der Waals surface area contributed by atoms with Gasteiger partial charge in [0.1, 0.15) is 0 Å². The number of benzene rings is 1. The number of hydrogen-bond acceptors (Lipinski definition) is 6. The summed E-state index contributed by atoms with van der Waals surface area (Å²) in [4.78, 5) is 20.7. The van der Waals surface area contributed by atoms with E-state index in [1.54, 1.807) is 7.11 Å². The first kappa shape index (κ1) is 23.5. The van der Waals surface area contributed by atoms with Crippen LogP contribution in [0, 0.1) is 0 Å². The molecule has 1 aromatic carbocycles. The molecule has 0 bridgehead atoms. The monoisotopic (exact) mass is 394 g/mol. The van der Waals surface area contributed by atoms with Gasteiger partial charge in [0.05, 0.1) is 13.7 Å². The van der Waals surface area contributed by atoms with E-state index in [4.69, 9.17) is 29.3 Å². The summed E-state index contributed by atoms with van der Waals surface area (Å²) in [6.07, 6.45) is 4.99. The molecular formula is C20H30N2O6. The largest absolute Gasteiger partial charge is 0.493 e. The van der Waals surface area contributed by atoms with E-state index in [1.165, 1.54) is 31.6 Å². The zero-order valence-corrected chi connectivity index (χ0v) is 16.4. The van der Waals surface area contributed by atoms with Gasteiger partial charge in [-0.1, -0.05) is 12.1 Å². The average Bonchev–Trinajstić information content (AvgIpc) is 2.70. The number of carboxylic acid groups (broad SMARTS) is 2. The fourth-order valence-corrected chi connectivity index (χ4v) is 2.68. The van der Waals surface area contributed by atoms with Crippen molar-refractivity contribution >= 4 is 11.9 Å². The van der Waals surface area contributed by atoms with Crippen LogP contribution < -0.4 is 14.8 Å². The summed E-state index contributed by atoms with van der Waals surface area (Å²) in [5, 5.41) is 18.2. The first-order valence-electron chi connectivity index (χ1n) is 9.27. The molecule has 0 unspecified atom stereocenters. The highest BCUT2D eigenvalue weighted by Gasteiger charge is 2.09. The van der Waals surface area contributed by atoms with E-state index >= 15 is 0 Å². The molecule has 1 saturated heterocycles. The lowest BCUT2D eigenvalue weighted by Gasteiger charge is -2.27. The number of rotatable bonds is 9. The number of nitrogens with zero attached hydrogens (tertiary/aromatic N) is 1. The van der Waals surface area contributed by atoms with Crippen LogP contribution in [0.2, 0.25) is 0 Å². The molecule has 0 spiro atoms. The highest BCUT2D eigenvalue weighted by molar-refractivity contribution is 6.27. The molecule has 1 aliphatic rings. The summed E-state index contributed by atoms with van der Waals surface area (Å²) in [7, 11) is 1.68. The molecule has 3 N–H and O–H groups in total. The van der Waals surface area contributed by atoms with Crippen LogP contribution in [-0.4, -0.2) is 73.5 Å². The van der Waals surface area contributed by atoms with Crippen molar-refractivity contribution in [2.45, 2.75) is 19.3 Å². The predicted molar refractivity (Wildman–Crippen MR) is 106 cm³/mol. The Morgan fingerprint density at radius 2 is 1.86 bits per heavy atom. The SMILES string of the molecule is C=CCc1ccc(OCCCCN2CCNCC2)c(OC)c1.O=C(O)C(=O)O. The fraction of sp³-hybridized carbons (Fsp3) is 0.500. The minimum absolute atomic E-state index is 0.739. The third-order valence-electron chi connectivity index (χ3n) is 4.13. The topological polar surface area (TPSA) is 108 Å². The molecular weight excluding hydrogens is 364 g/mol. The standard InChI is InChI=1S/C18H28N2O2.C2H2O4/c1-3-6-16-7-8-17(18(15-16)21-2)22-14-5-4-11-20-12-9-19-10-13-20;3-1(4)2(5)6/h3,7-8,15,19H,1,4-6,9-14H2,2H3;(H,3,4)(H,5,6). The highest BCUT2D eigenvalue weighted by atomic mass is 16.5. The van der Waals surface area contributed by atoms with Gasteiger partial charge in [0, 0.05) is 26.2 Å². The molecule has 0 aromatic heterocycles. The van der Waals surface area contributed by atoms with E-state index in [1.807, 2.05) is 18.2 Å². The van der Waals surface area contributed by atoms with Crippen molar-refractivity contribution in [1.29, 1.82) is 0 Å². The van der Waals surface area contributed by atoms with Crippen LogP contribution in [-0.2, 0) is 16.0 Å². The summed E-state index contributed by atoms with van der Waals surface area (Å²) in [6, 6.07) is 6.09. The number of unbranched alkanes of at least 4 members (excludes halogenated alkanes) is 1. The Balaban J connectivity index is 0.000000568. The number of nitrogens with one attached hydrogen (secondary N) is 1. The van der Waals surface area contributed by atoms with Crippen LogP contribution >= 0.6 is 0 Å². The molecule has 0 radical (unpaired) electrons. The van der Waals surface area contributed by atoms with Crippen molar-refractivity contribution in [3.8, 4) is 11.5 Å². The van der Waals surface area contributed by atoms with E-state index in [0.717, 1.165) is 44.0 Å². The number of methoxy groups -OCH3 is 1. The van der Waals surface area contributed by atoms with Crippen molar-refractivity contribution in [1.82, 2.24) is 10.2 Å². The van der Waals surface area contributed by atoms with E-state index in [0.29, 0.717) is 0 Å². The Morgan fingerprint density at radius 3 is 2.43 bits per heavy atom. The summed E-state index contributed by atoms with van der Waals surface area (Å²) < 4.78 is 11.3. The maximum absolute atomic E-state index is 9.10. The molecule has 0 amide bonds. The molecule has 1 aliphatic heterocycles. The van der Waals surface area contributed by atoms with Crippen LogP contribution in [0.15, 0.2) is 30.9 Å². The van der Waals surface area contributed by atoms with E-state index < -0.39 is 11.9 Å². The van der Waals surface area contributed by atoms with Gasteiger partial charge < -0.3 is 29.9 Å². The van der Waals surface area contributed by atoms with Gasteiger partial charge in [0.2, 0.25) is 0 Å². The number of piperazine rings is 1. The normalized spacial score (nSPS) is 13.8. The summed E-state index contributed by atoms with van der Waals surface area (Å²) in [5.74, 6) is -2.01. The molecule has 0 aliphatic carbocycles. The number of carbonyl (C=O) groups is 2. The van der Waals surface area contributed by atoms with Gasteiger partial charge in [-0.25, -0.2) is 9.59 Å². The van der Waals surface area contributed by atoms with Crippen LogP contribution in [0.1, 0.15) is 18.4 Å². The Kier molecular flexibility index (Phi) is 11.4. The lowest BCUT2D eigenvalue weighted by molar-refractivity contribution is -0.159. The van der Waals surface area contributed by atoms with Crippen molar-refractivity contribution in [2.75, 3.05) is 46.4 Å². The average molecular weight is 394 g/mol. The third kappa shape index (κ3) is 9.38. The maximum atomic E-state index is 9.10. The van der Waals surface area contributed by atoms with Crippen LogP contribution in [0.25, 0.3) is 0 Å². The second-order valence-electron chi connectivity index (χ2n) is 6.24. The number of carboxylic acids is 2. The summed E-state index contributed by atoms with van der Waals surface area (Å²) in [5.41, 5.74) is 1.19. The lowest BCUT2D eigenvalue weighted by Crippen LogP contribution is -2.43. The number of hydrogen-bond donors (Lipinski definition) is 3. The Bertz CT molecular complexity index is 617. The number of ether oxygens (including phenoxy) is 2. The number of allylic oxidation sites excluding steroid dienone is 1.